The summed E-state index contributed by atoms with van der Waals surface area (Å²) in [5, 5.41) is 2.10. The topological polar surface area (TPSA) is 92.8 Å². The Bertz CT molecular complexity index is 1450. The number of benzene rings is 3. The minimum atomic E-state index is -4.69. The van der Waals surface area contributed by atoms with Crippen LogP contribution < -0.4 is 5.32 Å². The van der Waals surface area contributed by atoms with Gasteiger partial charge in [0.15, 0.2) is 6.61 Å². The molecule has 1 N–H and O–H groups in total. The molecule has 1 saturated heterocycles. The Kier molecular flexibility index (Phi) is 6.01. The van der Waals surface area contributed by atoms with Crippen LogP contribution >= 0.6 is 0 Å². The van der Waals surface area contributed by atoms with Crippen molar-refractivity contribution < 1.29 is 37.1 Å². The van der Waals surface area contributed by atoms with Crippen molar-refractivity contribution in [1.29, 1.82) is 0 Å². The molecule has 10 heteroatoms. The standard InChI is InChI=1S/C30H23F3N2O5/c1-15(29(39)40-14-22(36)34-21-13-7-6-12-20(21)30(31,32)33)35-27(37)25-23-16-8-2-3-9-17(16)24(26(25)28(35)38)19-11-5-4-10-18(19)23/h2-13,15,23-26H,14H2,1H3,(H,34,36)/t15-,23?,24?,25-,26+/m0/s1. The Balaban J connectivity index is 1.20. The van der Waals surface area contributed by atoms with E-state index >= 15 is 0 Å². The molecule has 7 nitrogen and oxygen atoms in total. The van der Waals surface area contributed by atoms with E-state index in [1.54, 1.807) is 0 Å². The quantitative estimate of drug-likeness (QED) is 0.375. The lowest BCUT2D eigenvalue weighted by Crippen LogP contribution is -2.45. The molecule has 204 valence electrons. The molecule has 3 aliphatic carbocycles. The van der Waals surface area contributed by atoms with Crippen molar-refractivity contribution >= 4 is 29.4 Å². The molecular weight excluding hydrogens is 525 g/mol. The zero-order valence-corrected chi connectivity index (χ0v) is 21.1. The molecule has 3 aromatic rings. The highest BCUT2D eigenvalue weighted by atomic mass is 19.4. The van der Waals surface area contributed by atoms with Gasteiger partial charge in [-0.25, -0.2) is 4.79 Å². The largest absolute Gasteiger partial charge is 0.454 e. The minimum Gasteiger partial charge on any atom is -0.454 e. The monoisotopic (exact) mass is 548 g/mol. The van der Waals surface area contributed by atoms with Crippen LogP contribution in [0.5, 0.6) is 0 Å². The number of alkyl halides is 3. The third kappa shape index (κ3) is 3.89. The first-order valence-electron chi connectivity index (χ1n) is 12.8. The minimum absolute atomic E-state index is 0.341. The number of hydrogen-bond donors (Lipinski definition) is 1. The van der Waals surface area contributed by atoms with Crippen LogP contribution in [0.1, 0.15) is 46.6 Å². The summed E-state index contributed by atoms with van der Waals surface area (Å²) in [4.78, 5) is 53.6. The molecule has 3 amide bonds. The van der Waals surface area contributed by atoms with Crippen LogP contribution in [0, 0.1) is 11.8 Å². The number of nitrogens with one attached hydrogen (secondary N) is 1. The summed E-state index contributed by atoms with van der Waals surface area (Å²) in [5.74, 6) is -5.02. The van der Waals surface area contributed by atoms with Gasteiger partial charge in [-0.3, -0.25) is 19.3 Å². The van der Waals surface area contributed by atoms with Crippen LogP contribution in [-0.2, 0) is 30.1 Å². The van der Waals surface area contributed by atoms with E-state index < -0.39 is 65.6 Å². The number of anilines is 1. The third-order valence-corrected chi connectivity index (χ3v) is 8.06. The average molecular weight is 549 g/mol. The molecular formula is C30H23F3N2O5. The maximum absolute atomic E-state index is 13.7. The maximum atomic E-state index is 13.7. The van der Waals surface area contributed by atoms with Gasteiger partial charge in [-0.2, -0.15) is 13.2 Å². The number of carbonyl (C=O) groups is 4. The molecule has 7 rings (SSSR count). The SMILES string of the molecule is C[C@@H](C(=O)OCC(=O)Nc1ccccc1C(F)(F)F)N1C(=O)[C@@H]2C3c4ccccc4C(c4ccccc43)[C@@H]2C1=O. The summed E-state index contributed by atoms with van der Waals surface area (Å²) < 4.78 is 44.7. The van der Waals surface area contributed by atoms with Gasteiger partial charge in [0.2, 0.25) is 11.8 Å². The van der Waals surface area contributed by atoms with Crippen LogP contribution in [0.3, 0.4) is 0 Å². The van der Waals surface area contributed by atoms with Crippen LogP contribution in [0.2, 0.25) is 0 Å². The van der Waals surface area contributed by atoms with Gasteiger partial charge in [0, 0.05) is 11.8 Å². The highest BCUT2D eigenvalue weighted by Crippen LogP contribution is 2.61. The number of amides is 3. The number of imide groups is 1. The summed E-state index contributed by atoms with van der Waals surface area (Å²) in [7, 11) is 0. The number of rotatable bonds is 5. The Hall–Kier alpha value is -4.47. The fraction of sp³-hybridized carbons (Fsp3) is 0.267. The lowest BCUT2D eigenvalue weighted by Gasteiger charge is -2.45. The lowest BCUT2D eigenvalue weighted by atomic mass is 9.55. The van der Waals surface area contributed by atoms with E-state index in [-0.39, 0.29) is 11.8 Å². The average Bonchev–Trinajstić information content (AvgIpc) is 3.21. The Morgan fingerprint density at radius 1 is 0.825 bits per heavy atom. The molecule has 1 aliphatic heterocycles. The van der Waals surface area contributed by atoms with E-state index in [0.717, 1.165) is 39.3 Å². The number of hydrogen-bond acceptors (Lipinski definition) is 5. The molecule has 3 aromatic carbocycles. The lowest BCUT2D eigenvalue weighted by molar-refractivity contribution is -0.159. The fourth-order valence-electron chi connectivity index (χ4n) is 6.47. The van der Waals surface area contributed by atoms with Gasteiger partial charge >= 0.3 is 12.1 Å². The maximum Gasteiger partial charge on any atom is 0.418 e. The Labute approximate surface area is 226 Å². The number of carbonyl (C=O) groups excluding carboxylic acids is 4. The number of para-hydroxylation sites is 1. The van der Waals surface area contributed by atoms with E-state index in [0.29, 0.717) is 0 Å². The van der Waals surface area contributed by atoms with E-state index in [1.165, 1.54) is 19.1 Å². The summed E-state index contributed by atoms with van der Waals surface area (Å²) in [6, 6.07) is 18.5. The molecule has 0 unspecified atom stereocenters. The molecule has 3 atom stereocenters. The van der Waals surface area contributed by atoms with Crippen molar-refractivity contribution in [3.63, 3.8) is 0 Å². The summed E-state index contributed by atoms with van der Waals surface area (Å²) in [6.45, 7) is 0.453. The van der Waals surface area contributed by atoms with Crippen LogP contribution in [0.15, 0.2) is 72.8 Å². The molecule has 0 spiro atoms. The van der Waals surface area contributed by atoms with Crippen LogP contribution in [-0.4, -0.2) is 41.2 Å². The Morgan fingerprint density at radius 2 is 1.27 bits per heavy atom. The van der Waals surface area contributed by atoms with Gasteiger partial charge < -0.3 is 10.1 Å². The normalized spacial score (nSPS) is 23.2. The van der Waals surface area contributed by atoms with Crippen molar-refractivity contribution in [3.8, 4) is 0 Å². The Morgan fingerprint density at radius 3 is 1.75 bits per heavy atom. The van der Waals surface area contributed by atoms with Gasteiger partial charge in [-0.1, -0.05) is 60.7 Å². The first-order chi connectivity index (χ1) is 19.1. The molecule has 40 heavy (non-hydrogen) atoms. The fourth-order valence-corrected chi connectivity index (χ4v) is 6.47. The number of likely N-dealkylation sites (tertiary alicyclic amines) is 1. The summed E-state index contributed by atoms with van der Waals surface area (Å²) in [5.41, 5.74) is 2.43. The number of halogens is 3. The van der Waals surface area contributed by atoms with Gasteiger partial charge in [0.05, 0.1) is 23.1 Å². The van der Waals surface area contributed by atoms with Crippen molar-refractivity contribution in [1.82, 2.24) is 4.90 Å². The first kappa shape index (κ1) is 25.8. The van der Waals surface area contributed by atoms with Gasteiger partial charge in [-0.05, 0) is 41.3 Å². The molecule has 1 heterocycles. The molecule has 2 bridgehead atoms. The highest BCUT2D eigenvalue weighted by molar-refractivity contribution is 6.10. The molecule has 0 aromatic heterocycles. The van der Waals surface area contributed by atoms with E-state index in [2.05, 4.69) is 5.32 Å². The van der Waals surface area contributed by atoms with E-state index in [9.17, 15) is 32.3 Å². The third-order valence-electron chi connectivity index (χ3n) is 8.06. The second kappa shape index (κ2) is 9.32. The number of esters is 1. The van der Waals surface area contributed by atoms with Crippen molar-refractivity contribution in [2.75, 3.05) is 11.9 Å². The molecule has 4 aliphatic rings. The van der Waals surface area contributed by atoms with E-state index in [1.807, 2.05) is 48.5 Å². The predicted octanol–water partition coefficient (Wildman–Crippen LogP) is 4.47. The highest BCUT2D eigenvalue weighted by Gasteiger charge is 2.62. The number of ether oxygens (including phenoxy) is 1. The van der Waals surface area contributed by atoms with Crippen LogP contribution in [0.4, 0.5) is 18.9 Å². The molecule has 0 radical (unpaired) electrons. The molecule has 1 fully saturated rings. The summed E-state index contributed by atoms with van der Waals surface area (Å²) >= 11 is 0. The van der Waals surface area contributed by atoms with Crippen molar-refractivity contribution in [2.45, 2.75) is 31.0 Å². The zero-order chi connectivity index (χ0) is 28.3. The summed E-state index contributed by atoms with van der Waals surface area (Å²) in [6.07, 6.45) is -4.69. The first-order valence-corrected chi connectivity index (χ1v) is 12.8. The van der Waals surface area contributed by atoms with Crippen molar-refractivity contribution in [3.05, 3.63) is 101 Å². The number of nitrogens with zero attached hydrogens (tertiary/aromatic N) is 1. The second-order valence-corrected chi connectivity index (χ2v) is 10.2. The second-order valence-electron chi connectivity index (χ2n) is 10.2. The smallest absolute Gasteiger partial charge is 0.418 e. The zero-order valence-electron chi connectivity index (χ0n) is 21.1. The van der Waals surface area contributed by atoms with Gasteiger partial charge in [-0.15, -0.1) is 0 Å². The van der Waals surface area contributed by atoms with Gasteiger partial charge in [0.1, 0.15) is 6.04 Å². The van der Waals surface area contributed by atoms with E-state index in [4.69, 9.17) is 4.74 Å². The van der Waals surface area contributed by atoms with Crippen molar-refractivity contribution in [2.24, 2.45) is 11.8 Å². The van der Waals surface area contributed by atoms with Gasteiger partial charge in [0.25, 0.3) is 5.91 Å². The van der Waals surface area contributed by atoms with Crippen LogP contribution in [0.25, 0.3) is 0 Å². The molecule has 0 saturated carbocycles. The predicted molar refractivity (Wildman–Crippen MR) is 136 cm³/mol.